The Morgan fingerprint density at radius 2 is 1.89 bits per heavy atom. The van der Waals surface area contributed by atoms with Crippen LogP contribution in [0.4, 0.5) is 10.1 Å². The maximum absolute atomic E-state index is 13.0. The summed E-state index contributed by atoms with van der Waals surface area (Å²) in [6.45, 7) is 0. The standard InChI is InChI=1S/C13H10FNO2S/c14-8-2-1-3-9(6-8)18-10-4-5-11(13(16)17)12(15)7-10/h1-7H,15H2,(H,16,17). The first-order valence-electron chi connectivity index (χ1n) is 5.12. The van der Waals surface area contributed by atoms with Gasteiger partial charge in [-0.25, -0.2) is 9.18 Å². The van der Waals surface area contributed by atoms with E-state index in [0.29, 0.717) is 0 Å². The summed E-state index contributed by atoms with van der Waals surface area (Å²) < 4.78 is 13.0. The molecule has 0 saturated heterocycles. The van der Waals surface area contributed by atoms with Crippen molar-refractivity contribution in [2.24, 2.45) is 0 Å². The molecule has 0 aliphatic rings. The highest BCUT2D eigenvalue weighted by molar-refractivity contribution is 7.99. The number of nitrogens with two attached hydrogens (primary N) is 1. The Hall–Kier alpha value is -2.01. The molecule has 0 unspecified atom stereocenters. The largest absolute Gasteiger partial charge is 0.478 e. The Labute approximate surface area is 107 Å². The molecular weight excluding hydrogens is 253 g/mol. The van der Waals surface area contributed by atoms with Gasteiger partial charge in [-0.2, -0.15) is 0 Å². The number of nitrogen functional groups attached to an aromatic ring is 1. The van der Waals surface area contributed by atoms with E-state index in [1.165, 1.54) is 30.0 Å². The second-order valence-electron chi connectivity index (χ2n) is 3.61. The number of aromatic carboxylic acids is 1. The summed E-state index contributed by atoms with van der Waals surface area (Å²) in [5.41, 5.74) is 5.90. The second kappa shape index (κ2) is 5.10. The van der Waals surface area contributed by atoms with Gasteiger partial charge >= 0.3 is 5.97 Å². The smallest absolute Gasteiger partial charge is 0.337 e. The van der Waals surface area contributed by atoms with Crippen molar-refractivity contribution >= 4 is 23.4 Å². The van der Waals surface area contributed by atoms with Crippen molar-refractivity contribution in [2.75, 3.05) is 5.73 Å². The Morgan fingerprint density at radius 1 is 1.17 bits per heavy atom. The summed E-state index contributed by atoms with van der Waals surface area (Å²) in [4.78, 5) is 12.3. The third-order valence-corrected chi connectivity index (χ3v) is 3.26. The maximum Gasteiger partial charge on any atom is 0.337 e. The number of carboxylic acids is 1. The van der Waals surface area contributed by atoms with E-state index in [0.717, 1.165) is 9.79 Å². The fourth-order valence-electron chi connectivity index (χ4n) is 1.47. The van der Waals surface area contributed by atoms with Crippen molar-refractivity contribution in [3.8, 4) is 0 Å². The van der Waals surface area contributed by atoms with E-state index in [9.17, 15) is 9.18 Å². The number of halogens is 1. The molecule has 0 saturated carbocycles. The zero-order valence-electron chi connectivity index (χ0n) is 9.26. The third-order valence-electron chi connectivity index (χ3n) is 2.29. The van der Waals surface area contributed by atoms with Gasteiger partial charge in [-0.3, -0.25) is 0 Å². The number of anilines is 1. The SMILES string of the molecule is Nc1cc(Sc2cccc(F)c2)ccc1C(=O)O. The Balaban J connectivity index is 2.25. The van der Waals surface area contributed by atoms with Gasteiger partial charge in [-0.15, -0.1) is 0 Å². The van der Waals surface area contributed by atoms with Crippen molar-refractivity contribution < 1.29 is 14.3 Å². The normalized spacial score (nSPS) is 10.3. The summed E-state index contributed by atoms with van der Waals surface area (Å²) in [6.07, 6.45) is 0. The first-order valence-corrected chi connectivity index (χ1v) is 5.94. The van der Waals surface area contributed by atoms with Gasteiger partial charge in [0.2, 0.25) is 0 Å². The molecule has 0 fully saturated rings. The van der Waals surface area contributed by atoms with E-state index < -0.39 is 5.97 Å². The van der Waals surface area contributed by atoms with Crippen LogP contribution in [0.25, 0.3) is 0 Å². The quantitative estimate of drug-likeness (QED) is 0.834. The predicted molar refractivity (Wildman–Crippen MR) is 68.3 cm³/mol. The zero-order chi connectivity index (χ0) is 13.1. The van der Waals surface area contributed by atoms with Gasteiger partial charge < -0.3 is 10.8 Å². The molecule has 3 nitrogen and oxygen atoms in total. The monoisotopic (exact) mass is 263 g/mol. The fourth-order valence-corrected chi connectivity index (χ4v) is 2.38. The van der Waals surface area contributed by atoms with Gasteiger partial charge in [-0.05, 0) is 36.4 Å². The molecule has 0 aliphatic carbocycles. The average Bonchev–Trinajstić information content (AvgIpc) is 2.28. The van der Waals surface area contributed by atoms with Gasteiger partial charge in [0.15, 0.2) is 0 Å². The number of carbonyl (C=O) groups is 1. The minimum atomic E-state index is -1.06. The van der Waals surface area contributed by atoms with E-state index in [-0.39, 0.29) is 17.1 Å². The van der Waals surface area contributed by atoms with E-state index in [2.05, 4.69) is 0 Å². The Morgan fingerprint density at radius 3 is 2.50 bits per heavy atom. The highest BCUT2D eigenvalue weighted by atomic mass is 32.2. The van der Waals surface area contributed by atoms with Crippen LogP contribution in [-0.2, 0) is 0 Å². The Bertz CT molecular complexity index is 601. The molecule has 0 atom stereocenters. The lowest BCUT2D eigenvalue weighted by Gasteiger charge is -2.05. The lowest BCUT2D eigenvalue weighted by atomic mass is 10.2. The van der Waals surface area contributed by atoms with Crippen LogP contribution in [-0.4, -0.2) is 11.1 Å². The van der Waals surface area contributed by atoms with E-state index in [1.54, 1.807) is 24.3 Å². The molecule has 0 spiro atoms. The summed E-state index contributed by atoms with van der Waals surface area (Å²) in [7, 11) is 0. The van der Waals surface area contributed by atoms with E-state index >= 15 is 0 Å². The number of benzene rings is 2. The summed E-state index contributed by atoms with van der Waals surface area (Å²) in [5.74, 6) is -1.37. The van der Waals surface area contributed by atoms with Crippen LogP contribution < -0.4 is 5.73 Å². The number of carboxylic acid groups (broad SMARTS) is 1. The molecule has 0 amide bonds. The maximum atomic E-state index is 13.0. The number of hydrogen-bond donors (Lipinski definition) is 2. The molecule has 0 radical (unpaired) electrons. The van der Waals surface area contributed by atoms with Crippen LogP contribution in [0.1, 0.15) is 10.4 Å². The highest BCUT2D eigenvalue weighted by Crippen LogP contribution is 2.30. The summed E-state index contributed by atoms with van der Waals surface area (Å²) in [5, 5.41) is 8.85. The van der Waals surface area contributed by atoms with Crippen LogP contribution in [0.2, 0.25) is 0 Å². The first kappa shape index (κ1) is 12.4. The molecule has 92 valence electrons. The van der Waals surface area contributed by atoms with Crippen LogP contribution >= 0.6 is 11.8 Å². The van der Waals surface area contributed by atoms with Gasteiger partial charge in [0.25, 0.3) is 0 Å². The molecule has 3 N–H and O–H groups in total. The Kier molecular flexibility index (Phi) is 3.53. The molecule has 2 aromatic rings. The molecule has 0 aliphatic heterocycles. The van der Waals surface area contributed by atoms with Crippen molar-refractivity contribution in [1.29, 1.82) is 0 Å². The van der Waals surface area contributed by atoms with E-state index in [1.807, 2.05) is 0 Å². The van der Waals surface area contributed by atoms with Gasteiger partial charge in [0.05, 0.1) is 5.56 Å². The number of rotatable bonds is 3. The molecular formula is C13H10FNO2S. The van der Waals surface area contributed by atoms with Crippen molar-refractivity contribution in [3.05, 3.63) is 53.8 Å². The van der Waals surface area contributed by atoms with Crippen LogP contribution in [0.15, 0.2) is 52.3 Å². The minimum absolute atomic E-state index is 0.0681. The van der Waals surface area contributed by atoms with Crippen molar-refractivity contribution in [2.45, 2.75) is 9.79 Å². The highest BCUT2D eigenvalue weighted by Gasteiger charge is 2.08. The third kappa shape index (κ3) is 2.81. The summed E-state index contributed by atoms with van der Waals surface area (Å²) in [6, 6.07) is 10.8. The lowest BCUT2D eigenvalue weighted by molar-refractivity contribution is 0.0698. The average molecular weight is 263 g/mol. The number of hydrogen-bond acceptors (Lipinski definition) is 3. The summed E-state index contributed by atoms with van der Waals surface area (Å²) >= 11 is 1.32. The molecule has 0 heterocycles. The van der Waals surface area contributed by atoms with Gasteiger partial charge in [0, 0.05) is 15.5 Å². The van der Waals surface area contributed by atoms with Crippen molar-refractivity contribution in [1.82, 2.24) is 0 Å². The van der Waals surface area contributed by atoms with Gasteiger partial charge in [0.1, 0.15) is 5.82 Å². The predicted octanol–water partition coefficient (Wildman–Crippen LogP) is 3.26. The first-order chi connectivity index (χ1) is 8.56. The fraction of sp³-hybridized carbons (Fsp3) is 0. The van der Waals surface area contributed by atoms with Crippen molar-refractivity contribution in [3.63, 3.8) is 0 Å². The molecule has 2 aromatic carbocycles. The van der Waals surface area contributed by atoms with Gasteiger partial charge in [-0.1, -0.05) is 17.8 Å². The van der Waals surface area contributed by atoms with Crippen LogP contribution in [0, 0.1) is 5.82 Å². The lowest BCUT2D eigenvalue weighted by Crippen LogP contribution is -2.01. The van der Waals surface area contributed by atoms with E-state index in [4.69, 9.17) is 10.8 Å². The minimum Gasteiger partial charge on any atom is -0.478 e. The molecule has 2 rings (SSSR count). The zero-order valence-corrected chi connectivity index (χ0v) is 10.1. The van der Waals surface area contributed by atoms with Crippen LogP contribution in [0.5, 0.6) is 0 Å². The molecule has 0 aromatic heterocycles. The van der Waals surface area contributed by atoms with Crippen LogP contribution in [0.3, 0.4) is 0 Å². The second-order valence-corrected chi connectivity index (χ2v) is 4.76. The molecule has 0 bridgehead atoms. The molecule has 18 heavy (non-hydrogen) atoms. The molecule has 5 heteroatoms. The topological polar surface area (TPSA) is 63.3 Å².